The van der Waals surface area contributed by atoms with Gasteiger partial charge in [-0.3, -0.25) is 0 Å². The highest BCUT2D eigenvalue weighted by Gasteiger charge is 2.18. The van der Waals surface area contributed by atoms with E-state index in [-0.39, 0.29) is 0 Å². The topological polar surface area (TPSA) is 49.6 Å². The molecule has 1 aliphatic carbocycles. The summed E-state index contributed by atoms with van der Waals surface area (Å²) in [6, 6.07) is 2.08. The molecule has 3 nitrogen and oxygen atoms in total. The smallest absolute Gasteiger partial charge is 0.172 e. The Morgan fingerprint density at radius 1 is 1.29 bits per heavy atom. The molecule has 2 rings (SSSR count). The summed E-state index contributed by atoms with van der Waals surface area (Å²) < 4.78 is 0. The number of rotatable bonds is 2. The molecule has 0 radical (unpaired) electrons. The van der Waals surface area contributed by atoms with Crippen molar-refractivity contribution in [3.63, 3.8) is 0 Å². The number of nitriles is 1. The lowest BCUT2D eigenvalue weighted by molar-refractivity contribution is 0.886. The van der Waals surface area contributed by atoms with Gasteiger partial charge in [0, 0.05) is 17.6 Å². The highest BCUT2D eigenvalue weighted by Crippen LogP contribution is 2.34. The quantitative estimate of drug-likeness (QED) is 0.743. The summed E-state index contributed by atoms with van der Waals surface area (Å²) in [7, 11) is 0. The number of nitrogens with zero attached hydrogens (tertiary/aromatic N) is 3. The van der Waals surface area contributed by atoms with Gasteiger partial charge in [0.25, 0.3) is 0 Å². The van der Waals surface area contributed by atoms with Gasteiger partial charge in [-0.1, -0.05) is 12.8 Å². The minimum atomic E-state index is 0.462. The van der Waals surface area contributed by atoms with Crippen LogP contribution in [-0.2, 0) is 0 Å². The van der Waals surface area contributed by atoms with Crippen molar-refractivity contribution in [2.45, 2.75) is 36.0 Å². The predicted molar refractivity (Wildman–Crippen MR) is 54.9 cm³/mol. The van der Waals surface area contributed by atoms with E-state index in [1.54, 1.807) is 24.2 Å². The van der Waals surface area contributed by atoms with E-state index in [9.17, 15) is 0 Å². The molecule has 1 aromatic rings. The molecule has 0 aromatic carbocycles. The molecule has 1 aliphatic rings. The summed E-state index contributed by atoms with van der Waals surface area (Å²) in [5.74, 6) is 0. The Balaban J connectivity index is 2.11. The van der Waals surface area contributed by atoms with E-state index >= 15 is 0 Å². The molecule has 0 aliphatic heterocycles. The fourth-order valence-corrected chi connectivity index (χ4v) is 2.87. The van der Waals surface area contributed by atoms with E-state index < -0.39 is 0 Å². The van der Waals surface area contributed by atoms with E-state index in [1.807, 2.05) is 0 Å². The summed E-state index contributed by atoms with van der Waals surface area (Å²) in [5, 5.41) is 10.3. The summed E-state index contributed by atoms with van der Waals surface area (Å²) in [5.41, 5.74) is 0.462. The largest absolute Gasteiger partial charge is 0.245 e. The molecule has 0 atom stereocenters. The summed E-state index contributed by atoms with van der Waals surface area (Å²) in [4.78, 5) is 8.19. The molecule has 1 heterocycles. The maximum Gasteiger partial charge on any atom is 0.172 e. The van der Waals surface area contributed by atoms with E-state index in [2.05, 4.69) is 16.0 Å². The van der Waals surface area contributed by atoms with Gasteiger partial charge in [0.1, 0.15) is 11.1 Å². The van der Waals surface area contributed by atoms with Gasteiger partial charge in [0.15, 0.2) is 5.69 Å². The number of hydrogen-bond donors (Lipinski definition) is 0. The van der Waals surface area contributed by atoms with Crippen molar-refractivity contribution in [1.82, 2.24) is 9.97 Å². The van der Waals surface area contributed by atoms with Crippen LogP contribution in [0.4, 0.5) is 0 Å². The monoisotopic (exact) mass is 205 g/mol. The fourth-order valence-electron chi connectivity index (χ4n) is 1.65. The minimum absolute atomic E-state index is 0.462. The molecular formula is C10H11N3S. The third-order valence-corrected chi connectivity index (χ3v) is 3.68. The molecular weight excluding hydrogens is 194 g/mol. The van der Waals surface area contributed by atoms with Crippen molar-refractivity contribution in [1.29, 1.82) is 5.26 Å². The second kappa shape index (κ2) is 4.43. The van der Waals surface area contributed by atoms with Crippen LogP contribution in [0.3, 0.4) is 0 Å². The van der Waals surface area contributed by atoms with Crippen LogP contribution in [0, 0.1) is 11.3 Å². The first-order chi connectivity index (χ1) is 6.90. The van der Waals surface area contributed by atoms with Crippen LogP contribution in [0.5, 0.6) is 0 Å². The molecule has 1 saturated carbocycles. The lowest BCUT2D eigenvalue weighted by Crippen LogP contribution is -1.97. The molecule has 0 N–H and O–H groups in total. The fraction of sp³-hybridized carbons (Fsp3) is 0.500. The normalized spacial score (nSPS) is 16.8. The Morgan fingerprint density at radius 2 is 2.00 bits per heavy atom. The van der Waals surface area contributed by atoms with Gasteiger partial charge < -0.3 is 0 Å². The Kier molecular flexibility index (Phi) is 3.00. The average Bonchev–Trinajstić information content (AvgIpc) is 2.71. The first-order valence-electron chi connectivity index (χ1n) is 4.78. The van der Waals surface area contributed by atoms with E-state index in [1.165, 1.54) is 25.7 Å². The molecule has 0 bridgehead atoms. The Labute approximate surface area is 87.6 Å². The number of hydrogen-bond acceptors (Lipinski definition) is 4. The van der Waals surface area contributed by atoms with Gasteiger partial charge in [-0.05, 0) is 12.8 Å². The average molecular weight is 205 g/mol. The maximum atomic E-state index is 8.83. The van der Waals surface area contributed by atoms with Gasteiger partial charge in [-0.25, -0.2) is 9.97 Å². The van der Waals surface area contributed by atoms with Crippen LogP contribution in [-0.4, -0.2) is 15.2 Å². The van der Waals surface area contributed by atoms with Crippen molar-refractivity contribution in [2.75, 3.05) is 0 Å². The molecule has 1 fully saturated rings. The maximum absolute atomic E-state index is 8.83. The molecule has 0 amide bonds. The van der Waals surface area contributed by atoms with Crippen LogP contribution in [0.25, 0.3) is 0 Å². The SMILES string of the molecule is N#Cc1nccnc1SC1CCCC1. The molecule has 1 aromatic heterocycles. The highest BCUT2D eigenvalue weighted by molar-refractivity contribution is 7.99. The molecule has 72 valence electrons. The second-order valence-electron chi connectivity index (χ2n) is 3.35. The number of thioether (sulfide) groups is 1. The zero-order chi connectivity index (χ0) is 9.80. The standard InChI is InChI=1S/C10H11N3S/c11-7-9-10(13-6-5-12-9)14-8-3-1-2-4-8/h5-6,8H,1-4H2. The molecule has 4 heteroatoms. The summed E-state index contributed by atoms with van der Waals surface area (Å²) >= 11 is 1.71. The van der Waals surface area contributed by atoms with Gasteiger partial charge >= 0.3 is 0 Å². The van der Waals surface area contributed by atoms with Gasteiger partial charge in [-0.2, -0.15) is 5.26 Å². The summed E-state index contributed by atoms with van der Waals surface area (Å²) in [6.07, 6.45) is 8.31. The van der Waals surface area contributed by atoms with Gasteiger partial charge in [-0.15, -0.1) is 11.8 Å². The van der Waals surface area contributed by atoms with Crippen LogP contribution >= 0.6 is 11.8 Å². The zero-order valence-corrected chi connectivity index (χ0v) is 8.63. The highest BCUT2D eigenvalue weighted by atomic mass is 32.2. The van der Waals surface area contributed by atoms with Crippen molar-refractivity contribution in [3.8, 4) is 6.07 Å². The molecule has 0 saturated heterocycles. The Bertz CT molecular complexity index is 353. The van der Waals surface area contributed by atoms with Gasteiger partial charge in [0.2, 0.25) is 0 Å². The van der Waals surface area contributed by atoms with Crippen molar-refractivity contribution < 1.29 is 0 Å². The Hall–Kier alpha value is -1.08. The van der Waals surface area contributed by atoms with Crippen LogP contribution in [0.15, 0.2) is 17.4 Å². The van der Waals surface area contributed by atoms with Crippen LogP contribution in [0.2, 0.25) is 0 Å². The lowest BCUT2D eigenvalue weighted by Gasteiger charge is -2.07. The second-order valence-corrected chi connectivity index (χ2v) is 4.64. The van der Waals surface area contributed by atoms with Crippen molar-refractivity contribution in [3.05, 3.63) is 18.1 Å². The molecule has 0 unspecified atom stereocenters. The van der Waals surface area contributed by atoms with Crippen LogP contribution in [0.1, 0.15) is 31.4 Å². The number of aromatic nitrogens is 2. The first-order valence-corrected chi connectivity index (χ1v) is 5.66. The molecule has 14 heavy (non-hydrogen) atoms. The summed E-state index contributed by atoms with van der Waals surface area (Å²) in [6.45, 7) is 0. The van der Waals surface area contributed by atoms with E-state index in [0.29, 0.717) is 10.9 Å². The van der Waals surface area contributed by atoms with Crippen LogP contribution < -0.4 is 0 Å². The molecule has 0 spiro atoms. The zero-order valence-electron chi connectivity index (χ0n) is 7.81. The van der Waals surface area contributed by atoms with Crippen molar-refractivity contribution >= 4 is 11.8 Å². The van der Waals surface area contributed by atoms with Crippen molar-refractivity contribution in [2.24, 2.45) is 0 Å². The first kappa shape index (κ1) is 9.47. The minimum Gasteiger partial charge on any atom is -0.245 e. The van der Waals surface area contributed by atoms with Gasteiger partial charge in [0.05, 0.1) is 0 Å². The third-order valence-electron chi connectivity index (χ3n) is 2.35. The Morgan fingerprint density at radius 3 is 2.71 bits per heavy atom. The van der Waals surface area contributed by atoms with E-state index in [4.69, 9.17) is 5.26 Å². The van der Waals surface area contributed by atoms with E-state index in [0.717, 1.165) is 5.03 Å². The third kappa shape index (κ3) is 2.05. The predicted octanol–water partition coefficient (Wildman–Crippen LogP) is 2.38. The lowest BCUT2D eigenvalue weighted by atomic mass is 10.4.